The van der Waals surface area contributed by atoms with Crippen LogP contribution in [0.5, 0.6) is 0 Å². The zero-order valence-corrected chi connectivity index (χ0v) is 8.65. The van der Waals surface area contributed by atoms with Crippen LogP contribution in [0.4, 0.5) is 0 Å². The smallest absolute Gasteiger partial charge is 0.140 e. The first-order valence-electron chi connectivity index (χ1n) is 4.93. The average Bonchev–Trinajstić information content (AvgIpc) is 2.49. The molecule has 1 rings (SSSR count). The van der Waals surface area contributed by atoms with Gasteiger partial charge in [-0.1, -0.05) is 12.5 Å². The standard InChI is InChI=1S/C11H19NO/c1-9(2)4-5-10(13)11(3)6-7-12-8-11/h12H,1,4-8H2,2-3H3. The SMILES string of the molecule is C=C(C)CCC(=O)C1(C)CCNC1. The molecule has 0 saturated carbocycles. The van der Waals surface area contributed by atoms with E-state index in [9.17, 15) is 4.79 Å². The number of nitrogens with one attached hydrogen (secondary N) is 1. The summed E-state index contributed by atoms with van der Waals surface area (Å²) < 4.78 is 0. The maximum Gasteiger partial charge on any atom is 0.140 e. The predicted octanol–water partition coefficient (Wildman–Crippen LogP) is 1.91. The molecule has 1 unspecified atom stereocenters. The fraction of sp³-hybridized carbons (Fsp3) is 0.727. The van der Waals surface area contributed by atoms with Gasteiger partial charge in [0.25, 0.3) is 0 Å². The van der Waals surface area contributed by atoms with Gasteiger partial charge in [0, 0.05) is 18.4 Å². The van der Waals surface area contributed by atoms with E-state index in [1.165, 1.54) is 0 Å². The van der Waals surface area contributed by atoms with E-state index in [1.807, 2.05) is 6.92 Å². The van der Waals surface area contributed by atoms with Gasteiger partial charge in [-0.15, -0.1) is 6.58 Å². The molecule has 0 spiro atoms. The van der Waals surface area contributed by atoms with Crippen LogP contribution in [-0.2, 0) is 4.79 Å². The topological polar surface area (TPSA) is 29.1 Å². The molecule has 0 aromatic heterocycles. The van der Waals surface area contributed by atoms with Crippen molar-refractivity contribution in [2.24, 2.45) is 5.41 Å². The van der Waals surface area contributed by atoms with Crippen molar-refractivity contribution in [3.63, 3.8) is 0 Å². The summed E-state index contributed by atoms with van der Waals surface area (Å²) in [5.74, 6) is 0.389. The van der Waals surface area contributed by atoms with E-state index in [2.05, 4.69) is 18.8 Å². The number of hydrogen-bond donors (Lipinski definition) is 1. The summed E-state index contributed by atoms with van der Waals surface area (Å²) in [6, 6.07) is 0. The molecule has 0 bridgehead atoms. The van der Waals surface area contributed by atoms with Gasteiger partial charge in [0.15, 0.2) is 0 Å². The van der Waals surface area contributed by atoms with Gasteiger partial charge in [0.1, 0.15) is 5.78 Å². The molecular formula is C11H19NO. The van der Waals surface area contributed by atoms with E-state index in [0.717, 1.165) is 31.5 Å². The van der Waals surface area contributed by atoms with Crippen LogP contribution in [0.25, 0.3) is 0 Å². The lowest BCUT2D eigenvalue weighted by Gasteiger charge is -2.20. The van der Waals surface area contributed by atoms with Crippen LogP contribution in [0.2, 0.25) is 0 Å². The molecule has 2 heteroatoms. The fourth-order valence-corrected chi connectivity index (χ4v) is 1.68. The summed E-state index contributed by atoms with van der Waals surface area (Å²) in [4.78, 5) is 11.8. The Balaban J connectivity index is 2.42. The molecule has 1 saturated heterocycles. The fourth-order valence-electron chi connectivity index (χ4n) is 1.68. The Morgan fingerprint density at radius 2 is 2.23 bits per heavy atom. The summed E-state index contributed by atoms with van der Waals surface area (Å²) in [7, 11) is 0. The van der Waals surface area contributed by atoms with E-state index in [4.69, 9.17) is 0 Å². The van der Waals surface area contributed by atoms with E-state index >= 15 is 0 Å². The van der Waals surface area contributed by atoms with Crippen LogP contribution >= 0.6 is 0 Å². The quantitative estimate of drug-likeness (QED) is 0.671. The Morgan fingerprint density at radius 1 is 1.54 bits per heavy atom. The third-order valence-electron chi connectivity index (χ3n) is 2.82. The normalized spacial score (nSPS) is 27.5. The molecule has 1 heterocycles. The van der Waals surface area contributed by atoms with Crippen molar-refractivity contribution in [1.29, 1.82) is 0 Å². The minimum atomic E-state index is -0.102. The van der Waals surface area contributed by atoms with Gasteiger partial charge in [-0.3, -0.25) is 4.79 Å². The molecule has 1 N–H and O–H groups in total. The molecule has 0 aliphatic carbocycles. The van der Waals surface area contributed by atoms with Gasteiger partial charge in [0.05, 0.1) is 0 Å². The van der Waals surface area contributed by atoms with E-state index in [0.29, 0.717) is 12.2 Å². The maximum atomic E-state index is 11.8. The number of Topliss-reactive ketones (excluding diaryl/α,β-unsaturated/α-hetero) is 1. The van der Waals surface area contributed by atoms with Gasteiger partial charge >= 0.3 is 0 Å². The molecular weight excluding hydrogens is 162 g/mol. The van der Waals surface area contributed by atoms with Crippen LogP contribution < -0.4 is 5.32 Å². The van der Waals surface area contributed by atoms with Crippen molar-refractivity contribution in [2.75, 3.05) is 13.1 Å². The number of carbonyl (C=O) groups excluding carboxylic acids is 1. The molecule has 1 aliphatic rings. The molecule has 1 atom stereocenters. The Kier molecular flexibility index (Phi) is 3.26. The highest BCUT2D eigenvalue weighted by Gasteiger charge is 2.35. The summed E-state index contributed by atoms with van der Waals surface area (Å²) >= 11 is 0. The summed E-state index contributed by atoms with van der Waals surface area (Å²) in [5.41, 5.74) is 0.998. The van der Waals surface area contributed by atoms with E-state index in [-0.39, 0.29) is 5.41 Å². The molecule has 2 nitrogen and oxygen atoms in total. The number of ketones is 1. The van der Waals surface area contributed by atoms with Crippen molar-refractivity contribution in [1.82, 2.24) is 5.32 Å². The Bertz CT molecular complexity index is 214. The Morgan fingerprint density at radius 3 is 2.69 bits per heavy atom. The first-order valence-corrected chi connectivity index (χ1v) is 4.93. The van der Waals surface area contributed by atoms with Crippen molar-refractivity contribution in [2.45, 2.75) is 33.1 Å². The van der Waals surface area contributed by atoms with Crippen LogP contribution in [0.15, 0.2) is 12.2 Å². The van der Waals surface area contributed by atoms with Gasteiger partial charge in [-0.25, -0.2) is 0 Å². The van der Waals surface area contributed by atoms with E-state index in [1.54, 1.807) is 0 Å². The molecule has 1 fully saturated rings. The number of hydrogen-bond acceptors (Lipinski definition) is 2. The molecule has 74 valence electrons. The minimum absolute atomic E-state index is 0.102. The third-order valence-corrected chi connectivity index (χ3v) is 2.82. The highest BCUT2D eigenvalue weighted by molar-refractivity contribution is 5.85. The zero-order chi connectivity index (χ0) is 9.90. The van der Waals surface area contributed by atoms with Crippen LogP contribution in [0.1, 0.15) is 33.1 Å². The molecule has 0 aromatic rings. The summed E-state index contributed by atoms with van der Waals surface area (Å²) in [6.07, 6.45) is 2.49. The second kappa shape index (κ2) is 4.05. The number of rotatable bonds is 4. The lowest BCUT2D eigenvalue weighted by molar-refractivity contribution is -0.126. The van der Waals surface area contributed by atoms with Gasteiger partial charge in [-0.2, -0.15) is 0 Å². The van der Waals surface area contributed by atoms with Crippen molar-refractivity contribution in [3.8, 4) is 0 Å². The molecule has 1 aliphatic heterocycles. The predicted molar refractivity (Wildman–Crippen MR) is 54.6 cm³/mol. The first-order chi connectivity index (χ1) is 6.04. The van der Waals surface area contributed by atoms with Gasteiger partial charge in [0.2, 0.25) is 0 Å². The van der Waals surface area contributed by atoms with Crippen molar-refractivity contribution < 1.29 is 4.79 Å². The highest BCUT2D eigenvalue weighted by Crippen LogP contribution is 2.27. The van der Waals surface area contributed by atoms with Gasteiger partial charge < -0.3 is 5.32 Å². The van der Waals surface area contributed by atoms with E-state index < -0.39 is 0 Å². The molecule has 0 radical (unpaired) electrons. The van der Waals surface area contributed by atoms with Crippen LogP contribution in [0.3, 0.4) is 0 Å². The summed E-state index contributed by atoms with van der Waals surface area (Å²) in [6.45, 7) is 9.68. The van der Waals surface area contributed by atoms with Crippen LogP contribution in [-0.4, -0.2) is 18.9 Å². The second-order valence-corrected chi connectivity index (χ2v) is 4.37. The Labute approximate surface area is 80.4 Å². The Hall–Kier alpha value is -0.630. The average molecular weight is 181 g/mol. The lowest BCUT2D eigenvalue weighted by Crippen LogP contribution is -2.30. The number of allylic oxidation sites excluding steroid dienone is 1. The maximum absolute atomic E-state index is 11.8. The number of carbonyl (C=O) groups is 1. The monoisotopic (exact) mass is 181 g/mol. The van der Waals surface area contributed by atoms with Gasteiger partial charge in [-0.05, 0) is 26.3 Å². The molecule has 0 amide bonds. The van der Waals surface area contributed by atoms with Crippen molar-refractivity contribution in [3.05, 3.63) is 12.2 Å². The highest BCUT2D eigenvalue weighted by atomic mass is 16.1. The van der Waals surface area contributed by atoms with Crippen LogP contribution in [0, 0.1) is 5.41 Å². The minimum Gasteiger partial charge on any atom is -0.316 e. The summed E-state index contributed by atoms with van der Waals surface area (Å²) in [5, 5.41) is 3.24. The largest absolute Gasteiger partial charge is 0.316 e. The molecule has 13 heavy (non-hydrogen) atoms. The second-order valence-electron chi connectivity index (χ2n) is 4.37. The third kappa shape index (κ3) is 2.66. The van der Waals surface area contributed by atoms with Crippen molar-refractivity contribution >= 4 is 5.78 Å². The molecule has 0 aromatic carbocycles. The zero-order valence-electron chi connectivity index (χ0n) is 8.65. The first kappa shape index (κ1) is 10.5. The lowest BCUT2D eigenvalue weighted by atomic mass is 9.82.